The number of aryl methyl sites for hydroxylation is 4. The molecule has 0 radical (unpaired) electrons. The summed E-state index contributed by atoms with van der Waals surface area (Å²) < 4.78 is 33.8. The molecule has 0 spiro atoms. The Labute approximate surface area is 183 Å². The number of hydrogen-bond donors (Lipinski definition) is 2. The fraction of sp³-hybridized carbons (Fsp3) is 0.208. The van der Waals surface area contributed by atoms with Crippen LogP contribution in [0.4, 0.5) is 11.4 Å². The Morgan fingerprint density at radius 3 is 2.10 bits per heavy atom. The minimum Gasteiger partial charge on any atom is -0.483 e. The van der Waals surface area contributed by atoms with Gasteiger partial charge in [0.15, 0.2) is 6.61 Å². The predicted molar refractivity (Wildman–Crippen MR) is 123 cm³/mol. The lowest BCUT2D eigenvalue weighted by Gasteiger charge is -2.15. The molecule has 0 unspecified atom stereocenters. The Bertz CT molecular complexity index is 1180. The lowest BCUT2D eigenvalue weighted by Crippen LogP contribution is -2.20. The van der Waals surface area contributed by atoms with E-state index in [1.54, 1.807) is 18.2 Å². The van der Waals surface area contributed by atoms with Gasteiger partial charge in [-0.1, -0.05) is 35.9 Å². The molecule has 0 atom stereocenters. The van der Waals surface area contributed by atoms with Crippen molar-refractivity contribution in [3.8, 4) is 5.75 Å². The standard InChI is InChI=1S/C24H26N2O4S/c1-16-13-18(3)24(19(4)14-16)26-31(28,29)21-11-9-20(10-12-21)25-23(27)15-30-22-8-6-5-7-17(22)2/h5-14,26H,15H2,1-4H3,(H,25,27). The number of carbonyl (C=O) groups excluding carboxylic acids is 1. The van der Waals surface area contributed by atoms with Crippen LogP contribution in [0.1, 0.15) is 22.3 Å². The molecule has 7 heteroatoms. The average molecular weight is 439 g/mol. The van der Waals surface area contributed by atoms with E-state index in [2.05, 4.69) is 10.0 Å². The average Bonchev–Trinajstić information content (AvgIpc) is 2.70. The summed E-state index contributed by atoms with van der Waals surface area (Å²) in [6.45, 7) is 7.47. The number of rotatable bonds is 7. The molecule has 0 saturated carbocycles. The van der Waals surface area contributed by atoms with E-state index in [-0.39, 0.29) is 17.4 Å². The Morgan fingerprint density at radius 1 is 0.871 bits per heavy atom. The molecule has 31 heavy (non-hydrogen) atoms. The molecule has 0 fully saturated rings. The zero-order valence-electron chi connectivity index (χ0n) is 18.0. The number of hydrogen-bond acceptors (Lipinski definition) is 4. The second-order valence-corrected chi connectivity index (χ2v) is 9.19. The molecule has 0 aliphatic rings. The summed E-state index contributed by atoms with van der Waals surface area (Å²) in [6.07, 6.45) is 0. The van der Waals surface area contributed by atoms with E-state index in [4.69, 9.17) is 4.74 Å². The van der Waals surface area contributed by atoms with Crippen molar-refractivity contribution in [3.05, 3.63) is 82.9 Å². The van der Waals surface area contributed by atoms with Gasteiger partial charge in [0.2, 0.25) is 0 Å². The number of carbonyl (C=O) groups is 1. The number of sulfonamides is 1. The summed E-state index contributed by atoms with van der Waals surface area (Å²) in [4.78, 5) is 12.3. The highest BCUT2D eigenvalue weighted by atomic mass is 32.2. The van der Waals surface area contributed by atoms with Gasteiger partial charge in [-0.25, -0.2) is 8.42 Å². The molecular formula is C24H26N2O4S. The van der Waals surface area contributed by atoms with Crippen LogP contribution in [0.5, 0.6) is 5.75 Å². The maximum atomic E-state index is 12.8. The fourth-order valence-electron chi connectivity index (χ4n) is 3.31. The van der Waals surface area contributed by atoms with Gasteiger partial charge < -0.3 is 10.1 Å². The highest BCUT2D eigenvalue weighted by Gasteiger charge is 2.17. The first kappa shape index (κ1) is 22.4. The molecule has 3 rings (SSSR count). The molecule has 0 bridgehead atoms. The van der Waals surface area contributed by atoms with Crippen LogP contribution in [0.3, 0.4) is 0 Å². The third-order valence-corrected chi connectivity index (χ3v) is 6.18. The largest absolute Gasteiger partial charge is 0.483 e. The lowest BCUT2D eigenvalue weighted by atomic mass is 10.1. The first-order chi connectivity index (χ1) is 14.7. The Kier molecular flexibility index (Phi) is 6.65. The first-order valence-corrected chi connectivity index (χ1v) is 11.3. The fourth-order valence-corrected chi connectivity index (χ4v) is 4.51. The zero-order chi connectivity index (χ0) is 22.6. The molecule has 0 saturated heterocycles. The molecule has 3 aromatic rings. The Balaban J connectivity index is 1.65. The van der Waals surface area contributed by atoms with Crippen LogP contribution in [-0.2, 0) is 14.8 Å². The van der Waals surface area contributed by atoms with Crippen LogP contribution in [0.15, 0.2) is 65.6 Å². The SMILES string of the molecule is Cc1cc(C)c(NS(=O)(=O)c2ccc(NC(=O)COc3ccccc3C)cc2)c(C)c1. The molecule has 0 aromatic heterocycles. The van der Waals surface area contributed by atoms with Crippen molar-refractivity contribution in [1.82, 2.24) is 0 Å². The van der Waals surface area contributed by atoms with Crippen LogP contribution < -0.4 is 14.8 Å². The molecule has 3 aromatic carbocycles. The molecule has 0 aliphatic heterocycles. The second kappa shape index (κ2) is 9.22. The van der Waals surface area contributed by atoms with E-state index in [0.29, 0.717) is 17.1 Å². The van der Waals surface area contributed by atoms with Crippen molar-refractivity contribution >= 4 is 27.3 Å². The molecule has 1 amide bonds. The summed E-state index contributed by atoms with van der Waals surface area (Å²) in [7, 11) is -3.75. The summed E-state index contributed by atoms with van der Waals surface area (Å²) in [5.74, 6) is 0.315. The van der Waals surface area contributed by atoms with Gasteiger partial charge >= 0.3 is 0 Å². The van der Waals surface area contributed by atoms with Crippen molar-refractivity contribution in [1.29, 1.82) is 0 Å². The summed E-state index contributed by atoms with van der Waals surface area (Å²) in [5.41, 5.74) is 4.80. The van der Waals surface area contributed by atoms with Crippen LogP contribution in [0.2, 0.25) is 0 Å². The van der Waals surface area contributed by atoms with E-state index in [0.717, 1.165) is 22.3 Å². The van der Waals surface area contributed by atoms with E-state index in [1.165, 1.54) is 12.1 Å². The van der Waals surface area contributed by atoms with Crippen LogP contribution in [0.25, 0.3) is 0 Å². The third-order valence-electron chi connectivity index (χ3n) is 4.81. The molecule has 0 aliphatic carbocycles. The maximum absolute atomic E-state index is 12.8. The van der Waals surface area contributed by atoms with Gasteiger partial charge in [-0.15, -0.1) is 0 Å². The maximum Gasteiger partial charge on any atom is 0.262 e. The number of amides is 1. The smallest absolute Gasteiger partial charge is 0.262 e. The van der Waals surface area contributed by atoms with Crippen LogP contribution >= 0.6 is 0 Å². The third kappa shape index (κ3) is 5.64. The van der Waals surface area contributed by atoms with E-state index in [9.17, 15) is 13.2 Å². The quantitative estimate of drug-likeness (QED) is 0.558. The van der Waals surface area contributed by atoms with Gasteiger partial charge in [-0.05, 0) is 74.7 Å². The Morgan fingerprint density at radius 2 is 1.48 bits per heavy atom. The van der Waals surface area contributed by atoms with Crippen molar-refractivity contribution < 1.29 is 17.9 Å². The molecule has 2 N–H and O–H groups in total. The summed E-state index contributed by atoms with van der Waals surface area (Å²) in [6, 6.07) is 17.3. The normalized spacial score (nSPS) is 11.1. The summed E-state index contributed by atoms with van der Waals surface area (Å²) in [5, 5.41) is 2.71. The van der Waals surface area contributed by atoms with Crippen molar-refractivity contribution in [2.24, 2.45) is 0 Å². The second-order valence-electron chi connectivity index (χ2n) is 7.51. The van der Waals surface area contributed by atoms with Crippen LogP contribution in [-0.4, -0.2) is 20.9 Å². The van der Waals surface area contributed by atoms with Gasteiger partial charge in [0.05, 0.1) is 10.6 Å². The van der Waals surface area contributed by atoms with Gasteiger partial charge in [0.1, 0.15) is 5.75 Å². The van der Waals surface area contributed by atoms with Gasteiger partial charge in [-0.2, -0.15) is 0 Å². The zero-order valence-corrected chi connectivity index (χ0v) is 18.8. The lowest BCUT2D eigenvalue weighted by molar-refractivity contribution is -0.118. The van der Waals surface area contributed by atoms with Crippen LogP contribution in [0, 0.1) is 27.7 Å². The topological polar surface area (TPSA) is 84.5 Å². The van der Waals surface area contributed by atoms with Gasteiger partial charge in [0, 0.05) is 5.69 Å². The van der Waals surface area contributed by atoms with Gasteiger partial charge in [0.25, 0.3) is 15.9 Å². The van der Waals surface area contributed by atoms with Gasteiger partial charge in [-0.3, -0.25) is 9.52 Å². The minimum atomic E-state index is -3.75. The first-order valence-electron chi connectivity index (χ1n) is 9.85. The minimum absolute atomic E-state index is 0.112. The van der Waals surface area contributed by atoms with E-state index >= 15 is 0 Å². The number of benzene rings is 3. The number of ether oxygens (including phenoxy) is 1. The van der Waals surface area contributed by atoms with Crippen molar-refractivity contribution in [3.63, 3.8) is 0 Å². The molecular weight excluding hydrogens is 412 g/mol. The van der Waals surface area contributed by atoms with E-state index in [1.807, 2.05) is 58.0 Å². The summed E-state index contributed by atoms with van der Waals surface area (Å²) >= 11 is 0. The van der Waals surface area contributed by atoms with E-state index < -0.39 is 10.0 Å². The number of nitrogens with one attached hydrogen (secondary N) is 2. The van der Waals surface area contributed by atoms with Crippen molar-refractivity contribution in [2.75, 3.05) is 16.6 Å². The molecule has 0 heterocycles. The van der Waals surface area contributed by atoms with Crippen molar-refractivity contribution in [2.45, 2.75) is 32.6 Å². The highest BCUT2D eigenvalue weighted by Crippen LogP contribution is 2.25. The Hall–Kier alpha value is -3.32. The highest BCUT2D eigenvalue weighted by molar-refractivity contribution is 7.92. The number of para-hydroxylation sites is 1. The molecule has 162 valence electrons. The predicted octanol–water partition coefficient (Wildman–Crippen LogP) is 4.74. The molecule has 6 nitrogen and oxygen atoms in total. The number of anilines is 2. The monoisotopic (exact) mass is 438 g/mol.